The van der Waals surface area contributed by atoms with Gasteiger partial charge < -0.3 is 10.2 Å². The van der Waals surface area contributed by atoms with Crippen LogP contribution in [-0.4, -0.2) is 24.0 Å². The van der Waals surface area contributed by atoms with E-state index in [-0.39, 0.29) is 6.04 Å². The van der Waals surface area contributed by atoms with E-state index in [1.54, 1.807) is 0 Å². The molecular weight excluding hydrogens is 236 g/mol. The molecule has 2 N–H and O–H groups in total. The second-order valence-corrected chi connectivity index (χ2v) is 5.56. The van der Waals surface area contributed by atoms with Gasteiger partial charge in [-0.05, 0) is 37.9 Å². The summed E-state index contributed by atoms with van der Waals surface area (Å²) in [5.74, 6) is 2.12. The molecule has 1 fully saturated rings. The maximum absolute atomic E-state index is 6.05. The molecule has 0 aromatic carbocycles. The smallest absolute Gasteiger partial charge is 0.122 e. The highest BCUT2D eigenvalue weighted by atomic mass is 16.3. The molecule has 0 saturated carbocycles. The van der Waals surface area contributed by atoms with Gasteiger partial charge in [0.25, 0.3) is 0 Å². The molecule has 2 heterocycles. The van der Waals surface area contributed by atoms with Gasteiger partial charge in [0.15, 0.2) is 0 Å². The van der Waals surface area contributed by atoms with Crippen LogP contribution in [0.15, 0.2) is 16.5 Å². The van der Waals surface area contributed by atoms with Crippen molar-refractivity contribution in [1.29, 1.82) is 0 Å². The van der Waals surface area contributed by atoms with Gasteiger partial charge in [0.1, 0.15) is 11.5 Å². The summed E-state index contributed by atoms with van der Waals surface area (Å²) < 4.78 is 5.95. The van der Waals surface area contributed by atoms with Crippen molar-refractivity contribution in [3.8, 4) is 0 Å². The predicted molar refractivity (Wildman–Crippen MR) is 79.1 cm³/mol. The van der Waals surface area contributed by atoms with Gasteiger partial charge >= 0.3 is 0 Å². The Kier molecular flexibility index (Phi) is 5.46. The van der Waals surface area contributed by atoms with E-state index in [4.69, 9.17) is 10.2 Å². The minimum absolute atomic E-state index is 0.253. The molecule has 0 aliphatic carbocycles. The molecule has 19 heavy (non-hydrogen) atoms. The zero-order valence-corrected chi connectivity index (χ0v) is 12.4. The van der Waals surface area contributed by atoms with Crippen molar-refractivity contribution in [2.45, 2.75) is 64.5 Å². The molecule has 2 atom stereocenters. The van der Waals surface area contributed by atoms with E-state index in [0.29, 0.717) is 12.6 Å². The Balaban J connectivity index is 2.18. The number of nitrogens with zero attached hydrogens (tertiary/aromatic N) is 1. The fourth-order valence-electron chi connectivity index (χ4n) is 3.23. The first kappa shape index (κ1) is 14.6. The molecule has 1 saturated heterocycles. The van der Waals surface area contributed by atoms with Crippen LogP contribution in [0.2, 0.25) is 0 Å². The van der Waals surface area contributed by atoms with Crippen molar-refractivity contribution in [3.63, 3.8) is 0 Å². The summed E-state index contributed by atoms with van der Waals surface area (Å²) in [4.78, 5) is 2.59. The first-order valence-corrected chi connectivity index (χ1v) is 7.84. The Morgan fingerprint density at radius 3 is 2.79 bits per heavy atom. The average molecular weight is 264 g/mol. The molecule has 3 nitrogen and oxygen atoms in total. The van der Waals surface area contributed by atoms with Crippen molar-refractivity contribution < 1.29 is 4.42 Å². The Bertz CT molecular complexity index is 375. The zero-order valence-electron chi connectivity index (χ0n) is 12.4. The minimum Gasteiger partial charge on any atom is -0.464 e. The van der Waals surface area contributed by atoms with E-state index >= 15 is 0 Å². The van der Waals surface area contributed by atoms with E-state index in [2.05, 4.69) is 30.9 Å². The van der Waals surface area contributed by atoms with Crippen LogP contribution in [0.3, 0.4) is 0 Å². The van der Waals surface area contributed by atoms with Crippen LogP contribution in [0.5, 0.6) is 0 Å². The second-order valence-electron chi connectivity index (χ2n) is 5.56. The van der Waals surface area contributed by atoms with Crippen LogP contribution < -0.4 is 5.73 Å². The van der Waals surface area contributed by atoms with Crippen LogP contribution in [0.25, 0.3) is 0 Å². The third-order valence-corrected chi connectivity index (χ3v) is 4.38. The lowest BCUT2D eigenvalue weighted by molar-refractivity contribution is 0.119. The fraction of sp³-hybridized carbons (Fsp3) is 0.750. The standard InChI is InChI=1S/C16H28N2O/c1-3-13-8-6-5-7-11-18(13)15(12-17)16-10-9-14(4-2)19-16/h9-10,13,15H,3-8,11-12,17H2,1-2H3. The molecule has 1 aliphatic rings. The van der Waals surface area contributed by atoms with Crippen LogP contribution in [-0.2, 0) is 6.42 Å². The summed E-state index contributed by atoms with van der Waals surface area (Å²) in [6.45, 7) is 6.21. The van der Waals surface area contributed by atoms with Crippen molar-refractivity contribution in [2.24, 2.45) is 5.73 Å². The van der Waals surface area contributed by atoms with Gasteiger partial charge in [0, 0.05) is 19.0 Å². The Hall–Kier alpha value is -0.800. The number of nitrogens with two attached hydrogens (primary N) is 1. The number of hydrogen-bond acceptors (Lipinski definition) is 3. The summed E-state index contributed by atoms with van der Waals surface area (Å²) in [7, 11) is 0. The molecule has 0 amide bonds. The zero-order chi connectivity index (χ0) is 13.7. The average Bonchev–Trinajstić information content (AvgIpc) is 2.78. The lowest BCUT2D eigenvalue weighted by Gasteiger charge is -2.35. The number of aryl methyl sites for hydroxylation is 1. The van der Waals surface area contributed by atoms with Crippen LogP contribution >= 0.6 is 0 Å². The fourth-order valence-corrected chi connectivity index (χ4v) is 3.23. The lowest BCUT2D eigenvalue weighted by Crippen LogP contribution is -2.40. The van der Waals surface area contributed by atoms with Crippen molar-refractivity contribution >= 4 is 0 Å². The van der Waals surface area contributed by atoms with Gasteiger partial charge in [0.2, 0.25) is 0 Å². The highest BCUT2D eigenvalue weighted by Gasteiger charge is 2.28. The molecule has 3 heteroatoms. The summed E-state index contributed by atoms with van der Waals surface area (Å²) in [6.07, 6.45) is 7.45. The van der Waals surface area contributed by atoms with E-state index in [9.17, 15) is 0 Å². The quantitative estimate of drug-likeness (QED) is 0.885. The van der Waals surface area contributed by atoms with E-state index < -0.39 is 0 Å². The molecule has 108 valence electrons. The van der Waals surface area contributed by atoms with Crippen molar-refractivity contribution in [2.75, 3.05) is 13.1 Å². The van der Waals surface area contributed by atoms with E-state index in [1.165, 1.54) is 32.1 Å². The van der Waals surface area contributed by atoms with E-state index in [1.807, 2.05) is 0 Å². The third-order valence-electron chi connectivity index (χ3n) is 4.38. The topological polar surface area (TPSA) is 42.4 Å². The number of likely N-dealkylation sites (tertiary alicyclic amines) is 1. The summed E-state index contributed by atoms with van der Waals surface area (Å²) >= 11 is 0. The van der Waals surface area contributed by atoms with Gasteiger partial charge in [-0.2, -0.15) is 0 Å². The Morgan fingerprint density at radius 1 is 1.32 bits per heavy atom. The minimum atomic E-state index is 0.253. The lowest BCUT2D eigenvalue weighted by atomic mass is 10.0. The molecular formula is C16H28N2O. The Morgan fingerprint density at radius 2 is 2.16 bits per heavy atom. The largest absolute Gasteiger partial charge is 0.464 e. The molecule has 2 rings (SSSR count). The number of hydrogen-bond donors (Lipinski definition) is 1. The first-order chi connectivity index (χ1) is 9.30. The van der Waals surface area contributed by atoms with Gasteiger partial charge in [-0.1, -0.05) is 26.7 Å². The van der Waals surface area contributed by atoms with Crippen LogP contribution in [0.1, 0.15) is 63.5 Å². The predicted octanol–water partition coefficient (Wildman–Crippen LogP) is 3.50. The Labute approximate surface area is 117 Å². The van der Waals surface area contributed by atoms with Gasteiger partial charge in [-0.15, -0.1) is 0 Å². The van der Waals surface area contributed by atoms with Crippen LogP contribution in [0.4, 0.5) is 0 Å². The molecule has 0 spiro atoms. The maximum Gasteiger partial charge on any atom is 0.122 e. The SMILES string of the molecule is CCc1ccc(C(CN)N2CCCCCC2CC)o1. The highest BCUT2D eigenvalue weighted by Crippen LogP contribution is 2.29. The van der Waals surface area contributed by atoms with Crippen molar-refractivity contribution in [1.82, 2.24) is 4.90 Å². The second kappa shape index (κ2) is 7.11. The van der Waals surface area contributed by atoms with Gasteiger partial charge in [-0.25, -0.2) is 0 Å². The van der Waals surface area contributed by atoms with Gasteiger partial charge in [-0.3, -0.25) is 4.90 Å². The number of furan rings is 1. The normalized spacial score (nSPS) is 23.2. The number of rotatable bonds is 5. The van der Waals surface area contributed by atoms with Gasteiger partial charge in [0.05, 0.1) is 6.04 Å². The highest BCUT2D eigenvalue weighted by molar-refractivity contribution is 5.12. The van der Waals surface area contributed by atoms with Crippen molar-refractivity contribution in [3.05, 3.63) is 23.7 Å². The molecule has 0 bridgehead atoms. The van der Waals surface area contributed by atoms with E-state index in [0.717, 1.165) is 24.5 Å². The summed E-state index contributed by atoms with van der Waals surface area (Å²) in [6, 6.07) is 5.12. The molecule has 2 unspecified atom stereocenters. The first-order valence-electron chi connectivity index (χ1n) is 7.84. The third kappa shape index (κ3) is 3.40. The molecule has 1 aromatic rings. The summed E-state index contributed by atoms with van der Waals surface area (Å²) in [5, 5.41) is 0. The monoisotopic (exact) mass is 264 g/mol. The maximum atomic E-state index is 6.05. The van der Waals surface area contributed by atoms with Crippen LogP contribution in [0, 0.1) is 0 Å². The molecule has 1 aliphatic heterocycles. The summed E-state index contributed by atoms with van der Waals surface area (Å²) in [5.41, 5.74) is 6.05. The molecule has 1 aromatic heterocycles. The molecule has 0 radical (unpaired) electrons.